The molecule has 0 unspecified atom stereocenters. The lowest BCUT2D eigenvalue weighted by Gasteiger charge is -2.51. The maximum absolute atomic E-state index is 13.0. The first kappa shape index (κ1) is 23.0. The van der Waals surface area contributed by atoms with Crippen LogP contribution in [0.4, 0.5) is 0 Å². The monoisotopic (exact) mass is 446 g/mol. The Hall–Kier alpha value is -1.20. The molecule has 0 atom stereocenters. The average molecular weight is 447 g/mol. The van der Waals surface area contributed by atoms with Crippen molar-refractivity contribution >= 4 is 16.4 Å². The van der Waals surface area contributed by atoms with E-state index in [1.807, 2.05) is 19.1 Å². The number of hydrogen-bond acceptors (Lipinski definition) is 4. The van der Waals surface area contributed by atoms with Gasteiger partial charge in [0.2, 0.25) is 0 Å². The minimum absolute atomic E-state index is 0.0602. The van der Waals surface area contributed by atoms with Gasteiger partial charge in [-0.15, -0.1) is 0 Å². The lowest BCUT2D eigenvalue weighted by Crippen LogP contribution is -2.43. The van der Waals surface area contributed by atoms with Crippen LogP contribution in [0.1, 0.15) is 89.0 Å². The van der Waals surface area contributed by atoms with Crippen LogP contribution in [-0.2, 0) is 19.1 Å². The third-order valence-corrected chi connectivity index (χ3v) is 10.2. The van der Waals surface area contributed by atoms with Crippen LogP contribution in [0, 0.1) is 29.6 Å². The zero-order chi connectivity index (χ0) is 22.0. The summed E-state index contributed by atoms with van der Waals surface area (Å²) in [5.74, 6) is 1.22. The summed E-state index contributed by atoms with van der Waals surface area (Å²) in [6, 6.07) is 6.95. The highest BCUT2D eigenvalue weighted by molar-refractivity contribution is 7.86. The van der Waals surface area contributed by atoms with E-state index in [9.17, 15) is 13.2 Å². The van der Waals surface area contributed by atoms with Crippen molar-refractivity contribution in [3.8, 4) is 0 Å². The van der Waals surface area contributed by atoms with Gasteiger partial charge in [-0.1, -0.05) is 43.4 Å². The lowest BCUT2D eigenvalue weighted by molar-refractivity contribution is -0.112. The standard InChI is InChI=1S/C26H38O4S/c1-21-10-12-24(13-11-21)31(28,29)30-20-26-16-4-14-25(18-19-27,15-5-17-26)22-6-2-8-23(26)9-3-7-22/h10-13,19,22-23H,2-9,14-18,20H2,1H3. The maximum Gasteiger partial charge on any atom is 0.296 e. The Morgan fingerprint density at radius 3 is 1.94 bits per heavy atom. The van der Waals surface area contributed by atoms with Crippen LogP contribution in [-0.4, -0.2) is 21.3 Å². The predicted molar refractivity (Wildman–Crippen MR) is 122 cm³/mol. The highest BCUT2D eigenvalue weighted by Crippen LogP contribution is 2.56. The van der Waals surface area contributed by atoms with Gasteiger partial charge in [0.1, 0.15) is 6.29 Å². The van der Waals surface area contributed by atoms with Gasteiger partial charge in [0, 0.05) is 6.42 Å². The molecule has 0 amide bonds. The molecule has 6 aliphatic rings. The van der Waals surface area contributed by atoms with Crippen LogP contribution < -0.4 is 0 Å². The second-order valence-corrected chi connectivity index (χ2v) is 12.2. The minimum atomic E-state index is -3.75. The van der Waals surface area contributed by atoms with Crippen molar-refractivity contribution < 1.29 is 17.4 Å². The minimum Gasteiger partial charge on any atom is -0.303 e. The Bertz CT molecular complexity index is 838. The van der Waals surface area contributed by atoms with Crippen molar-refractivity contribution in [2.45, 2.75) is 95.3 Å². The number of carbonyl (C=O) groups is 1. The van der Waals surface area contributed by atoms with Crippen LogP contribution in [0.2, 0.25) is 0 Å². The number of hydrogen-bond donors (Lipinski definition) is 0. The molecule has 0 radical (unpaired) electrons. The van der Waals surface area contributed by atoms with E-state index < -0.39 is 10.1 Å². The van der Waals surface area contributed by atoms with Crippen molar-refractivity contribution in [1.82, 2.24) is 0 Å². The van der Waals surface area contributed by atoms with E-state index in [4.69, 9.17) is 4.18 Å². The molecule has 31 heavy (non-hydrogen) atoms. The largest absolute Gasteiger partial charge is 0.303 e. The number of rotatable bonds is 6. The Morgan fingerprint density at radius 1 is 0.871 bits per heavy atom. The number of benzene rings is 1. The number of aldehydes is 1. The Balaban J connectivity index is 1.60. The fraction of sp³-hybridized carbons (Fsp3) is 0.731. The predicted octanol–water partition coefficient (Wildman–Crippen LogP) is 6.22. The molecule has 0 N–H and O–H groups in total. The van der Waals surface area contributed by atoms with Crippen LogP contribution in [0.25, 0.3) is 0 Å². The van der Waals surface area contributed by atoms with Gasteiger partial charge in [-0.25, -0.2) is 0 Å². The molecule has 1 aromatic rings. The summed E-state index contributed by atoms with van der Waals surface area (Å²) in [7, 11) is -3.75. The first-order valence-corrected chi connectivity index (χ1v) is 13.7. The molecule has 0 heterocycles. The maximum atomic E-state index is 13.0. The van der Waals surface area contributed by atoms with Crippen molar-refractivity contribution in [3.63, 3.8) is 0 Å². The first-order chi connectivity index (χ1) is 14.9. The molecule has 7 rings (SSSR count). The van der Waals surface area contributed by atoms with Crippen molar-refractivity contribution in [2.24, 2.45) is 22.7 Å². The number of carbonyl (C=O) groups excluding carboxylic acids is 1. The van der Waals surface area contributed by atoms with Gasteiger partial charge in [-0.2, -0.15) is 8.42 Å². The van der Waals surface area contributed by atoms with Gasteiger partial charge < -0.3 is 4.79 Å². The van der Waals surface area contributed by atoms with Gasteiger partial charge in [0.25, 0.3) is 10.1 Å². The van der Waals surface area contributed by atoms with Crippen molar-refractivity contribution in [3.05, 3.63) is 29.8 Å². The molecule has 0 aliphatic heterocycles. The molecular weight excluding hydrogens is 408 g/mol. The Kier molecular flexibility index (Phi) is 6.93. The summed E-state index contributed by atoms with van der Waals surface area (Å²) >= 11 is 0. The van der Waals surface area contributed by atoms with Gasteiger partial charge in [-0.05, 0) is 93.1 Å². The van der Waals surface area contributed by atoms with Crippen LogP contribution in [0.15, 0.2) is 29.2 Å². The zero-order valence-electron chi connectivity index (χ0n) is 19.0. The fourth-order valence-corrected chi connectivity index (χ4v) is 8.15. The lowest BCUT2D eigenvalue weighted by atomic mass is 9.55. The summed E-state index contributed by atoms with van der Waals surface area (Å²) in [6.45, 7) is 2.26. The van der Waals surface area contributed by atoms with Crippen LogP contribution >= 0.6 is 0 Å². The third kappa shape index (κ3) is 4.78. The van der Waals surface area contributed by atoms with Gasteiger partial charge in [0.05, 0.1) is 11.5 Å². The van der Waals surface area contributed by atoms with Gasteiger partial charge in [-0.3, -0.25) is 4.18 Å². The summed E-state index contributed by atoms with van der Waals surface area (Å²) in [5, 5.41) is 0. The molecule has 5 heteroatoms. The molecule has 0 spiro atoms. The van der Waals surface area contributed by atoms with E-state index in [1.54, 1.807) is 12.1 Å². The second-order valence-electron chi connectivity index (χ2n) is 10.6. The summed E-state index contributed by atoms with van der Waals surface area (Å²) in [5.41, 5.74) is 1.15. The zero-order valence-corrected chi connectivity index (χ0v) is 19.8. The molecule has 6 aliphatic carbocycles. The van der Waals surface area contributed by atoms with E-state index in [1.165, 1.54) is 44.8 Å². The summed E-state index contributed by atoms with van der Waals surface area (Å²) in [4.78, 5) is 11.9. The van der Waals surface area contributed by atoms with Crippen molar-refractivity contribution in [2.75, 3.05) is 6.61 Å². The molecule has 172 valence electrons. The number of aryl methyl sites for hydroxylation is 1. The smallest absolute Gasteiger partial charge is 0.296 e. The topological polar surface area (TPSA) is 60.4 Å². The molecule has 6 saturated carbocycles. The Labute approximate surface area is 188 Å². The highest BCUT2D eigenvalue weighted by atomic mass is 32.2. The molecule has 4 nitrogen and oxygen atoms in total. The first-order valence-electron chi connectivity index (χ1n) is 12.3. The quantitative estimate of drug-likeness (QED) is 0.385. The van der Waals surface area contributed by atoms with E-state index in [-0.39, 0.29) is 15.7 Å². The summed E-state index contributed by atoms with van der Waals surface area (Å²) in [6.07, 6.45) is 15.5. The van der Waals surface area contributed by atoms with Crippen LogP contribution in [0.3, 0.4) is 0 Å². The van der Waals surface area contributed by atoms with E-state index >= 15 is 0 Å². The molecular formula is C26H38O4S. The van der Waals surface area contributed by atoms with Gasteiger partial charge >= 0.3 is 0 Å². The second kappa shape index (κ2) is 9.35. The van der Waals surface area contributed by atoms with E-state index in [0.717, 1.165) is 44.1 Å². The molecule has 0 saturated heterocycles. The van der Waals surface area contributed by atoms with Gasteiger partial charge in [0.15, 0.2) is 0 Å². The third-order valence-electron chi connectivity index (χ3n) is 8.94. The molecule has 0 aromatic heterocycles. The summed E-state index contributed by atoms with van der Waals surface area (Å²) < 4.78 is 31.7. The highest BCUT2D eigenvalue weighted by Gasteiger charge is 2.47. The molecule has 4 bridgehead atoms. The normalized spacial score (nSPS) is 34.1. The molecule has 6 fully saturated rings. The fourth-order valence-electron chi connectivity index (χ4n) is 7.15. The van der Waals surface area contributed by atoms with E-state index in [2.05, 4.69) is 0 Å². The van der Waals surface area contributed by atoms with Crippen LogP contribution in [0.5, 0.6) is 0 Å². The van der Waals surface area contributed by atoms with Crippen molar-refractivity contribution in [1.29, 1.82) is 0 Å². The average Bonchev–Trinajstić information content (AvgIpc) is 2.71. The Morgan fingerprint density at radius 2 is 1.39 bits per heavy atom. The molecule has 1 aromatic carbocycles. The van der Waals surface area contributed by atoms with E-state index in [0.29, 0.717) is 24.9 Å². The SMILES string of the molecule is Cc1ccc(S(=O)(=O)OCC23CCCC(CC=O)(CCC2)C2CCCC3CCC2)cc1.